The van der Waals surface area contributed by atoms with Crippen LogP contribution in [0.2, 0.25) is 0 Å². The van der Waals surface area contributed by atoms with E-state index in [0.717, 1.165) is 21.1 Å². The van der Waals surface area contributed by atoms with Gasteiger partial charge in [0.05, 0.1) is 20.4 Å². The molecule has 0 aromatic carbocycles. The number of hydroxylamine groups is 2. The van der Waals surface area contributed by atoms with Crippen molar-refractivity contribution < 1.29 is 42.7 Å². The van der Waals surface area contributed by atoms with Crippen molar-refractivity contribution in [2.45, 2.75) is 13.3 Å². The Labute approximate surface area is 127 Å². The van der Waals surface area contributed by atoms with Crippen molar-refractivity contribution in [2.24, 2.45) is 0 Å². The fourth-order valence-corrected chi connectivity index (χ4v) is 2.62. The summed E-state index contributed by atoms with van der Waals surface area (Å²) in [6, 6.07) is 0. The summed E-state index contributed by atoms with van der Waals surface area (Å²) < 4.78 is 30.8. The van der Waals surface area contributed by atoms with Gasteiger partial charge in [-0.15, -0.1) is 0 Å². The van der Waals surface area contributed by atoms with Gasteiger partial charge in [0, 0.05) is 13.5 Å². The molecule has 1 amide bonds. The first-order valence-electron chi connectivity index (χ1n) is 6.23. The van der Waals surface area contributed by atoms with Crippen LogP contribution in [0.15, 0.2) is 0 Å². The van der Waals surface area contributed by atoms with E-state index in [4.69, 9.17) is 9.05 Å². The van der Waals surface area contributed by atoms with E-state index in [0.29, 0.717) is 5.06 Å². The maximum Gasteiger partial charge on any atom is 0.332 e. The van der Waals surface area contributed by atoms with Crippen molar-refractivity contribution in [3.63, 3.8) is 0 Å². The Bertz CT molecular complexity index is 415. The summed E-state index contributed by atoms with van der Waals surface area (Å²) in [7, 11) is -1.54. The summed E-state index contributed by atoms with van der Waals surface area (Å²) in [5, 5.41) is 9.64. The second-order valence-electron chi connectivity index (χ2n) is 4.03. The molecule has 0 rings (SSSR count). The van der Waals surface area contributed by atoms with Crippen LogP contribution in [0.5, 0.6) is 0 Å². The Morgan fingerprint density at radius 1 is 1.05 bits per heavy atom. The zero-order chi connectivity index (χ0) is 17.2. The minimum absolute atomic E-state index is 0.0652. The van der Waals surface area contributed by atoms with Crippen LogP contribution in [-0.2, 0) is 37.5 Å². The number of amides is 1. The van der Waals surface area contributed by atoms with E-state index >= 15 is 0 Å². The zero-order valence-corrected chi connectivity index (χ0v) is 13.5. The van der Waals surface area contributed by atoms with Gasteiger partial charge in [-0.3, -0.25) is 23.6 Å². The third-order valence-electron chi connectivity index (χ3n) is 2.38. The summed E-state index contributed by atoms with van der Waals surface area (Å²) in [6.07, 6.45) is -0.152. The monoisotopic (exact) mass is 341 g/mol. The van der Waals surface area contributed by atoms with Crippen molar-refractivity contribution in [1.82, 2.24) is 5.06 Å². The second-order valence-corrected chi connectivity index (χ2v) is 6.21. The highest BCUT2D eigenvalue weighted by atomic mass is 31.2. The Balaban J connectivity index is 4.55. The number of carbonyl (C=O) groups is 3. The summed E-state index contributed by atoms with van der Waals surface area (Å²) in [5.41, 5.74) is 0. The van der Waals surface area contributed by atoms with Crippen LogP contribution >= 0.6 is 7.60 Å². The molecule has 22 heavy (non-hydrogen) atoms. The molecular weight excluding hydrogens is 321 g/mol. The van der Waals surface area contributed by atoms with Crippen LogP contribution in [0, 0.1) is 0 Å². The molecule has 0 aromatic rings. The minimum Gasteiger partial charge on any atom is -0.467 e. The molecule has 0 saturated heterocycles. The average Bonchev–Trinajstić information content (AvgIpc) is 2.50. The van der Waals surface area contributed by atoms with E-state index in [1.807, 2.05) is 0 Å². The maximum atomic E-state index is 12.4. The summed E-state index contributed by atoms with van der Waals surface area (Å²) in [6.45, 7) is -0.196. The first-order chi connectivity index (χ1) is 10.2. The number of carbonyl (C=O) groups excluding carboxylic acids is 3. The van der Waals surface area contributed by atoms with Gasteiger partial charge in [0.2, 0.25) is 5.91 Å². The number of methoxy groups -OCH3 is 2. The average molecular weight is 341 g/mol. The Morgan fingerprint density at radius 3 is 1.86 bits per heavy atom. The standard InChI is InChI=1S/C11H20NO9P/c1-9(13)12(16)5-4-6-22(17,20-7-10(14)18-2)21-8-11(15)19-3/h16H,4-8H2,1-3H3. The molecular formula is C11H20NO9P. The van der Waals surface area contributed by atoms with Gasteiger partial charge < -0.3 is 9.47 Å². The molecule has 0 aliphatic heterocycles. The van der Waals surface area contributed by atoms with Gasteiger partial charge in [-0.2, -0.15) is 0 Å². The maximum absolute atomic E-state index is 12.4. The largest absolute Gasteiger partial charge is 0.467 e. The summed E-state index contributed by atoms with van der Waals surface area (Å²) in [5.74, 6) is -2.12. The van der Waals surface area contributed by atoms with Crippen LogP contribution in [0.25, 0.3) is 0 Å². The van der Waals surface area contributed by atoms with E-state index in [1.165, 1.54) is 0 Å². The minimum atomic E-state index is -3.79. The summed E-state index contributed by atoms with van der Waals surface area (Å²) in [4.78, 5) is 32.9. The van der Waals surface area contributed by atoms with E-state index in [9.17, 15) is 24.2 Å². The smallest absolute Gasteiger partial charge is 0.332 e. The second kappa shape index (κ2) is 10.3. The van der Waals surface area contributed by atoms with E-state index < -0.39 is 38.7 Å². The lowest BCUT2D eigenvalue weighted by Crippen LogP contribution is -2.26. The van der Waals surface area contributed by atoms with Gasteiger partial charge in [-0.25, -0.2) is 14.7 Å². The van der Waals surface area contributed by atoms with Gasteiger partial charge in [-0.05, 0) is 6.42 Å². The quantitative estimate of drug-likeness (QED) is 0.256. The molecule has 0 radical (unpaired) electrons. The van der Waals surface area contributed by atoms with Crippen LogP contribution < -0.4 is 0 Å². The third-order valence-corrected chi connectivity index (χ3v) is 4.29. The first-order valence-corrected chi connectivity index (χ1v) is 7.95. The third kappa shape index (κ3) is 8.73. The molecule has 1 N–H and O–H groups in total. The molecule has 0 atom stereocenters. The zero-order valence-electron chi connectivity index (χ0n) is 12.6. The number of nitrogens with zero attached hydrogens (tertiary/aromatic N) is 1. The first kappa shape index (κ1) is 20.5. The van der Waals surface area contributed by atoms with Crippen molar-refractivity contribution in [3.8, 4) is 0 Å². The van der Waals surface area contributed by atoms with Gasteiger partial charge in [0.25, 0.3) is 0 Å². The molecule has 0 aliphatic carbocycles. The topological polar surface area (TPSA) is 129 Å². The number of hydrogen-bond acceptors (Lipinski definition) is 9. The van der Waals surface area contributed by atoms with E-state index in [1.54, 1.807) is 0 Å². The van der Waals surface area contributed by atoms with Gasteiger partial charge >= 0.3 is 19.5 Å². The molecule has 0 bridgehead atoms. The number of rotatable bonds is 10. The fourth-order valence-electron chi connectivity index (χ4n) is 1.16. The molecule has 0 unspecified atom stereocenters. The van der Waals surface area contributed by atoms with Crippen LogP contribution in [0.1, 0.15) is 13.3 Å². The SMILES string of the molecule is COC(=O)COP(=O)(CCCN(O)C(C)=O)OCC(=O)OC. The van der Waals surface area contributed by atoms with Crippen molar-refractivity contribution in [3.05, 3.63) is 0 Å². The highest BCUT2D eigenvalue weighted by Crippen LogP contribution is 2.48. The van der Waals surface area contributed by atoms with Crippen molar-refractivity contribution >= 4 is 25.4 Å². The lowest BCUT2D eigenvalue weighted by molar-refractivity contribution is -0.162. The Kier molecular flexibility index (Phi) is 9.59. The molecule has 0 fully saturated rings. The van der Waals surface area contributed by atoms with E-state index in [2.05, 4.69) is 9.47 Å². The molecule has 0 aromatic heterocycles. The van der Waals surface area contributed by atoms with Crippen molar-refractivity contribution in [1.29, 1.82) is 0 Å². The van der Waals surface area contributed by atoms with Gasteiger partial charge in [0.15, 0.2) is 13.2 Å². The fraction of sp³-hybridized carbons (Fsp3) is 0.727. The molecule has 0 aliphatic rings. The molecule has 10 nitrogen and oxygen atoms in total. The number of ether oxygens (including phenoxy) is 2. The van der Waals surface area contributed by atoms with E-state index in [-0.39, 0.29) is 19.1 Å². The van der Waals surface area contributed by atoms with Crippen LogP contribution in [-0.4, -0.2) is 68.3 Å². The van der Waals surface area contributed by atoms with Crippen LogP contribution in [0.4, 0.5) is 0 Å². The highest BCUT2D eigenvalue weighted by Gasteiger charge is 2.27. The Hall–Kier alpha value is -1.48. The normalized spacial score (nSPS) is 10.9. The predicted molar refractivity (Wildman–Crippen MR) is 72.2 cm³/mol. The highest BCUT2D eigenvalue weighted by molar-refractivity contribution is 7.53. The number of hydrogen-bond donors (Lipinski definition) is 1. The predicted octanol–water partition coefficient (Wildman–Crippen LogP) is 0.187. The molecule has 0 heterocycles. The molecule has 128 valence electrons. The van der Waals surface area contributed by atoms with Crippen LogP contribution in [0.3, 0.4) is 0 Å². The van der Waals surface area contributed by atoms with Gasteiger partial charge in [-0.1, -0.05) is 0 Å². The van der Waals surface area contributed by atoms with Gasteiger partial charge in [0.1, 0.15) is 0 Å². The number of esters is 2. The van der Waals surface area contributed by atoms with Crippen molar-refractivity contribution in [2.75, 3.05) is 40.1 Å². The summed E-state index contributed by atoms with van der Waals surface area (Å²) >= 11 is 0. The lowest BCUT2D eigenvalue weighted by atomic mass is 10.4. The molecule has 11 heteroatoms. The Morgan fingerprint density at radius 2 is 1.50 bits per heavy atom. The lowest BCUT2D eigenvalue weighted by Gasteiger charge is -2.18. The molecule has 0 saturated carbocycles. The molecule has 0 spiro atoms.